The van der Waals surface area contributed by atoms with Crippen LogP contribution in [0.15, 0.2) is 122 Å². The maximum Gasteiger partial charge on any atom is 0.306 e. The lowest BCUT2D eigenvalue weighted by atomic mass is 10.1. The van der Waals surface area contributed by atoms with Crippen LogP contribution in [0.4, 0.5) is 0 Å². The lowest BCUT2D eigenvalue weighted by Crippen LogP contribution is -2.30. The molecule has 0 fully saturated rings. The maximum absolute atomic E-state index is 12.8. The van der Waals surface area contributed by atoms with Crippen molar-refractivity contribution in [2.24, 2.45) is 0 Å². The minimum Gasteiger partial charge on any atom is -0.462 e. The van der Waals surface area contributed by atoms with Gasteiger partial charge >= 0.3 is 17.9 Å². The van der Waals surface area contributed by atoms with Gasteiger partial charge in [0.2, 0.25) is 0 Å². The van der Waals surface area contributed by atoms with Crippen molar-refractivity contribution in [3.8, 4) is 0 Å². The summed E-state index contributed by atoms with van der Waals surface area (Å²) in [6.07, 6.45) is 69.0. The van der Waals surface area contributed by atoms with Gasteiger partial charge in [-0.15, -0.1) is 0 Å². The number of carbonyl (C=O) groups is 3. The molecule has 0 saturated heterocycles. The van der Waals surface area contributed by atoms with Crippen LogP contribution in [-0.2, 0) is 28.6 Å². The van der Waals surface area contributed by atoms with Crippen molar-refractivity contribution in [2.75, 3.05) is 13.2 Å². The molecule has 0 amide bonds. The van der Waals surface area contributed by atoms with Gasteiger partial charge in [-0.25, -0.2) is 0 Å². The second kappa shape index (κ2) is 50.5. The highest BCUT2D eigenvalue weighted by Gasteiger charge is 2.19. The summed E-state index contributed by atoms with van der Waals surface area (Å²) in [6.45, 7) is 6.34. The predicted octanol–water partition coefficient (Wildman–Crippen LogP) is 16.5. The monoisotopic (exact) mass is 871 g/mol. The van der Waals surface area contributed by atoms with Crippen molar-refractivity contribution in [2.45, 2.75) is 207 Å². The zero-order valence-corrected chi connectivity index (χ0v) is 40.3. The topological polar surface area (TPSA) is 78.9 Å². The average molecular weight is 871 g/mol. The third-order valence-corrected chi connectivity index (χ3v) is 9.92. The summed E-state index contributed by atoms with van der Waals surface area (Å²) in [6, 6.07) is 0. The van der Waals surface area contributed by atoms with Crippen LogP contribution in [-0.4, -0.2) is 37.2 Å². The molecule has 1 atom stereocenters. The molecule has 0 aliphatic carbocycles. The molecule has 0 radical (unpaired) electrons. The summed E-state index contributed by atoms with van der Waals surface area (Å²) in [7, 11) is 0. The molecule has 0 aromatic rings. The van der Waals surface area contributed by atoms with Crippen LogP contribution < -0.4 is 0 Å². The van der Waals surface area contributed by atoms with Crippen LogP contribution in [0.3, 0.4) is 0 Å². The Kier molecular flexibility index (Phi) is 47.1. The van der Waals surface area contributed by atoms with E-state index in [1.807, 2.05) is 0 Å². The fraction of sp³-hybridized carbons (Fsp3) is 0.596. The molecule has 0 aromatic heterocycles. The summed E-state index contributed by atoms with van der Waals surface area (Å²) in [4.78, 5) is 37.9. The van der Waals surface area contributed by atoms with E-state index in [-0.39, 0.29) is 50.4 Å². The Labute approximate surface area is 386 Å². The van der Waals surface area contributed by atoms with E-state index in [0.717, 1.165) is 89.9 Å². The lowest BCUT2D eigenvalue weighted by molar-refractivity contribution is -0.167. The molecule has 0 unspecified atom stereocenters. The number of carbonyl (C=O) groups excluding carboxylic acids is 3. The molecule has 0 heterocycles. The first kappa shape index (κ1) is 58.8. The van der Waals surface area contributed by atoms with E-state index < -0.39 is 6.10 Å². The van der Waals surface area contributed by atoms with Crippen LogP contribution in [0.1, 0.15) is 201 Å². The van der Waals surface area contributed by atoms with Crippen LogP contribution in [0, 0.1) is 0 Å². The normalized spacial score (nSPS) is 13.1. The molecule has 0 rings (SSSR count). The molecule has 0 aliphatic rings. The van der Waals surface area contributed by atoms with E-state index in [1.165, 1.54) is 51.4 Å². The summed E-state index contributed by atoms with van der Waals surface area (Å²) < 4.78 is 16.7. The number of ether oxygens (including phenoxy) is 3. The molecular formula is C57H90O6. The zero-order chi connectivity index (χ0) is 45.8. The number of hydrogen-bond donors (Lipinski definition) is 0. The minimum absolute atomic E-state index is 0.130. The summed E-state index contributed by atoms with van der Waals surface area (Å²) in [5.41, 5.74) is 0. The van der Waals surface area contributed by atoms with Crippen molar-refractivity contribution < 1.29 is 28.6 Å². The zero-order valence-electron chi connectivity index (χ0n) is 40.3. The number of unbranched alkanes of at least 4 members (excludes halogenated alkanes) is 12. The van der Waals surface area contributed by atoms with E-state index in [1.54, 1.807) is 0 Å². The van der Waals surface area contributed by atoms with E-state index in [9.17, 15) is 14.4 Å². The number of rotatable bonds is 43. The van der Waals surface area contributed by atoms with Gasteiger partial charge < -0.3 is 14.2 Å². The first-order chi connectivity index (χ1) is 31.0. The Morgan fingerprint density at radius 1 is 0.333 bits per heavy atom. The Morgan fingerprint density at radius 2 is 0.603 bits per heavy atom. The van der Waals surface area contributed by atoms with E-state index in [4.69, 9.17) is 14.2 Å². The Morgan fingerprint density at radius 3 is 0.905 bits per heavy atom. The molecule has 0 aromatic carbocycles. The number of hydrogen-bond acceptors (Lipinski definition) is 6. The summed E-state index contributed by atoms with van der Waals surface area (Å²) in [5.74, 6) is -1.06. The van der Waals surface area contributed by atoms with Gasteiger partial charge in [0, 0.05) is 19.3 Å². The molecule has 0 aliphatic heterocycles. The molecule has 63 heavy (non-hydrogen) atoms. The molecule has 0 saturated carbocycles. The maximum atomic E-state index is 12.8. The van der Waals surface area contributed by atoms with Gasteiger partial charge in [-0.1, -0.05) is 168 Å². The summed E-state index contributed by atoms with van der Waals surface area (Å²) >= 11 is 0. The van der Waals surface area contributed by atoms with Crippen molar-refractivity contribution >= 4 is 17.9 Å². The van der Waals surface area contributed by atoms with Gasteiger partial charge in [-0.05, 0) is 135 Å². The second-order valence-electron chi connectivity index (χ2n) is 16.0. The third kappa shape index (κ3) is 48.7. The molecule has 354 valence electrons. The molecule has 0 bridgehead atoms. The highest BCUT2D eigenvalue weighted by Crippen LogP contribution is 2.10. The highest BCUT2D eigenvalue weighted by molar-refractivity contribution is 5.71. The molecule has 0 spiro atoms. The van der Waals surface area contributed by atoms with E-state index in [2.05, 4.69) is 142 Å². The van der Waals surface area contributed by atoms with Crippen molar-refractivity contribution in [1.29, 1.82) is 0 Å². The van der Waals surface area contributed by atoms with Gasteiger partial charge in [-0.2, -0.15) is 0 Å². The Balaban J connectivity index is 4.61. The average Bonchev–Trinajstić information content (AvgIpc) is 3.28. The first-order valence-corrected chi connectivity index (χ1v) is 25.0. The SMILES string of the molecule is CC/C=C\C/C=C\C/C=C\C/C=C\CCCCC(=O)OC[C@@H](COC(=O)CCCC/C=C\C/C=C\C/C=C\CCCCC)OC(=O)CCCC/C=C\C/C=C\C/C=C\CCCCC. The minimum atomic E-state index is -0.833. The van der Waals surface area contributed by atoms with Gasteiger partial charge in [-0.3, -0.25) is 14.4 Å². The first-order valence-electron chi connectivity index (χ1n) is 25.0. The van der Waals surface area contributed by atoms with Crippen LogP contribution >= 0.6 is 0 Å². The second-order valence-corrected chi connectivity index (χ2v) is 16.0. The van der Waals surface area contributed by atoms with Crippen molar-refractivity contribution in [3.05, 3.63) is 122 Å². The van der Waals surface area contributed by atoms with E-state index >= 15 is 0 Å². The van der Waals surface area contributed by atoms with Crippen LogP contribution in [0.5, 0.6) is 0 Å². The van der Waals surface area contributed by atoms with Crippen LogP contribution in [0.25, 0.3) is 0 Å². The molecule has 6 heteroatoms. The fourth-order valence-electron chi connectivity index (χ4n) is 6.15. The van der Waals surface area contributed by atoms with Gasteiger partial charge in [0.05, 0.1) is 0 Å². The molecule has 6 nitrogen and oxygen atoms in total. The Hall–Kier alpha value is -4.19. The number of esters is 3. The quantitative estimate of drug-likeness (QED) is 0.0263. The van der Waals surface area contributed by atoms with Crippen molar-refractivity contribution in [3.63, 3.8) is 0 Å². The van der Waals surface area contributed by atoms with Gasteiger partial charge in [0.15, 0.2) is 6.10 Å². The van der Waals surface area contributed by atoms with Crippen LogP contribution in [0.2, 0.25) is 0 Å². The molecular weight excluding hydrogens is 781 g/mol. The smallest absolute Gasteiger partial charge is 0.306 e. The molecule has 0 N–H and O–H groups in total. The fourth-order valence-corrected chi connectivity index (χ4v) is 6.15. The largest absolute Gasteiger partial charge is 0.462 e. The van der Waals surface area contributed by atoms with Gasteiger partial charge in [0.1, 0.15) is 13.2 Å². The Bertz CT molecular complexity index is 1370. The standard InChI is InChI=1S/C57H90O6/c1-4-7-10-13-16-19-22-25-28-31-34-37-40-43-46-49-55(58)61-52-54(63-57(60)51-48-45-42-39-36-33-30-27-24-21-18-15-12-9-6-3)53-62-56(59)50-47-44-41-38-35-32-29-26-23-20-17-14-11-8-5-2/h7,10,16-21,25-30,34-39,54H,4-6,8-9,11-15,22-24,31-33,40-53H2,1-3H3/b10-7-,19-16-,20-17-,21-18-,28-25-,29-26-,30-27-,37-34-,38-35-,39-36-/t54-/m0/s1. The predicted molar refractivity (Wildman–Crippen MR) is 269 cm³/mol. The van der Waals surface area contributed by atoms with Gasteiger partial charge in [0.25, 0.3) is 0 Å². The van der Waals surface area contributed by atoms with Crippen molar-refractivity contribution in [1.82, 2.24) is 0 Å². The number of allylic oxidation sites excluding steroid dienone is 20. The summed E-state index contributed by atoms with van der Waals surface area (Å²) in [5, 5.41) is 0. The third-order valence-electron chi connectivity index (χ3n) is 9.92. The lowest BCUT2D eigenvalue weighted by Gasteiger charge is -2.18. The highest BCUT2D eigenvalue weighted by atomic mass is 16.6. The van der Waals surface area contributed by atoms with E-state index in [0.29, 0.717) is 19.3 Å².